The van der Waals surface area contributed by atoms with E-state index in [0.29, 0.717) is 28.6 Å². The summed E-state index contributed by atoms with van der Waals surface area (Å²) in [5.74, 6) is 1.44. The van der Waals surface area contributed by atoms with Gasteiger partial charge in [0.25, 0.3) is 0 Å². The van der Waals surface area contributed by atoms with Gasteiger partial charge in [-0.1, -0.05) is 30.3 Å². The van der Waals surface area contributed by atoms with Crippen molar-refractivity contribution in [2.45, 2.75) is 0 Å². The second kappa shape index (κ2) is 7.45. The van der Waals surface area contributed by atoms with Gasteiger partial charge in [0, 0.05) is 37.9 Å². The third-order valence-electron chi connectivity index (χ3n) is 3.23. The highest BCUT2D eigenvalue weighted by molar-refractivity contribution is 6.45. The molecule has 0 amide bonds. The van der Waals surface area contributed by atoms with Crippen LogP contribution in [0.2, 0.25) is 0 Å². The average Bonchev–Trinajstić information content (AvgIpc) is 2.59. The molecule has 0 aliphatic rings. The molecule has 23 heavy (non-hydrogen) atoms. The van der Waals surface area contributed by atoms with E-state index < -0.39 is 0 Å². The number of ketones is 1. The minimum atomic E-state index is -0.141. The zero-order valence-electron chi connectivity index (χ0n) is 13.7. The fourth-order valence-electron chi connectivity index (χ4n) is 2.05. The van der Waals surface area contributed by atoms with Gasteiger partial charge in [-0.2, -0.15) is 0 Å². The molecule has 0 heterocycles. The van der Waals surface area contributed by atoms with Gasteiger partial charge in [0.15, 0.2) is 5.84 Å². The molecule has 0 unspecified atom stereocenters. The summed E-state index contributed by atoms with van der Waals surface area (Å²) in [6.45, 7) is 0. The molecule has 0 saturated heterocycles. The Morgan fingerprint density at radius 3 is 2.00 bits per heavy atom. The number of aliphatic imine (C=N–C) groups is 1. The number of amidine groups is 1. The Morgan fingerprint density at radius 2 is 1.52 bits per heavy atom. The van der Waals surface area contributed by atoms with Crippen LogP contribution in [0.4, 0.5) is 5.69 Å². The smallest absolute Gasteiger partial charge is 0.228 e. The lowest BCUT2D eigenvalue weighted by molar-refractivity contribution is 0.105. The van der Waals surface area contributed by atoms with E-state index in [2.05, 4.69) is 4.99 Å². The fraction of sp³-hybridized carbons (Fsp3) is 0.222. The van der Waals surface area contributed by atoms with Gasteiger partial charge in [-0.15, -0.1) is 0 Å². The summed E-state index contributed by atoms with van der Waals surface area (Å²) in [6, 6.07) is 14.3. The number of benzene rings is 2. The fourth-order valence-corrected chi connectivity index (χ4v) is 2.05. The molecule has 0 saturated carbocycles. The van der Waals surface area contributed by atoms with Gasteiger partial charge in [0.1, 0.15) is 11.5 Å². The SMILES string of the molecule is COc1cc(N=C(C(=O)c2ccccc2)N(C)C)cc(OC)c1. The number of carbonyl (C=O) groups is 1. The van der Waals surface area contributed by atoms with Crippen molar-refractivity contribution in [1.29, 1.82) is 0 Å². The Hall–Kier alpha value is -2.82. The molecule has 0 N–H and O–H groups in total. The van der Waals surface area contributed by atoms with E-state index in [1.165, 1.54) is 0 Å². The van der Waals surface area contributed by atoms with Gasteiger partial charge < -0.3 is 14.4 Å². The van der Waals surface area contributed by atoms with Gasteiger partial charge in [-0.3, -0.25) is 4.79 Å². The standard InChI is InChI=1S/C18H20N2O3/c1-20(2)18(17(21)13-8-6-5-7-9-13)19-14-10-15(22-3)12-16(11-14)23-4/h5-12H,1-4H3. The monoisotopic (exact) mass is 312 g/mol. The average molecular weight is 312 g/mol. The van der Waals surface area contributed by atoms with E-state index in [1.807, 2.05) is 18.2 Å². The number of ether oxygens (including phenoxy) is 2. The van der Waals surface area contributed by atoms with Crippen molar-refractivity contribution < 1.29 is 14.3 Å². The van der Waals surface area contributed by atoms with E-state index >= 15 is 0 Å². The van der Waals surface area contributed by atoms with Crippen molar-refractivity contribution in [3.63, 3.8) is 0 Å². The number of rotatable bonds is 5. The van der Waals surface area contributed by atoms with E-state index in [9.17, 15) is 4.79 Å². The third kappa shape index (κ3) is 4.10. The van der Waals surface area contributed by atoms with Crippen LogP contribution in [0.1, 0.15) is 10.4 Å². The van der Waals surface area contributed by atoms with Crippen molar-refractivity contribution in [2.75, 3.05) is 28.3 Å². The summed E-state index contributed by atoms with van der Waals surface area (Å²) in [7, 11) is 6.72. The van der Waals surface area contributed by atoms with E-state index in [4.69, 9.17) is 9.47 Å². The first-order chi connectivity index (χ1) is 11.0. The zero-order valence-corrected chi connectivity index (χ0v) is 13.7. The first kappa shape index (κ1) is 16.5. The minimum absolute atomic E-state index is 0.141. The lowest BCUT2D eigenvalue weighted by Gasteiger charge is -2.15. The lowest BCUT2D eigenvalue weighted by atomic mass is 10.1. The van der Waals surface area contributed by atoms with Crippen molar-refractivity contribution in [3.05, 3.63) is 54.1 Å². The maximum atomic E-state index is 12.7. The maximum Gasteiger partial charge on any atom is 0.228 e. The Morgan fingerprint density at radius 1 is 0.957 bits per heavy atom. The molecule has 0 bridgehead atoms. The van der Waals surface area contributed by atoms with E-state index in [1.54, 1.807) is 63.5 Å². The maximum absolute atomic E-state index is 12.7. The number of methoxy groups -OCH3 is 2. The van der Waals surface area contributed by atoms with Crippen LogP contribution in [0, 0.1) is 0 Å². The number of nitrogens with zero attached hydrogens (tertiary/aromatic N) is 2. The molecule has 2 rings (SSSR count). The molecular weight excluding hydrogens is 292 g/mol. The zero-order chi connectivity index (χ0) is 16.8. The molecule has 5 nitrogen and oxygen atoms in total. The quantitative estimate of drug-likeness (QED) is 0.483. The molecule has 0 aliphatic heterocycles. The van der Waals surface area contributed by atoms with Gasteiger partial charge in [-0.25, -0.2) is 4.99 Å². The lowest BCUT2D eigenvalue weighted by Crippen LogP contribution is -2.30. The summed E-state index contributed by atoms with van der Waals surface area (Å²) in [5, 5.41) is 0. The van der Waals surface area contributed by atoms with Gasteiger partial charge in [0.2, 0.25) is 5.78 Å². The molecule has 2 aromatic carbocycles. The molecule has 120 valence electrons. The number of carbonyl (C=O) groups excluding carboxylic acids is 1. The van der Waals surface area contributed by atoms with Crippen molar-refractivity contribution in [1.82, 2.24) is 4.90 Å². The van der Waals surface area contributed by atoms with Crippen LogP contribution in [0.3, 0.4) is 0 Å². The highest BCUT2D eigenvalue weighted by Crippen LogP contribution is 2.28. The number of hydrogen-bond donors (Lipinski definition) is 0. The van der Waals surface area contributed by atoms with Gasteiger partial charge in [-0.05, 0) is 0 Å². The number of Topliss-reactive ketones (excluding diaryl/α,β-unsaturated/α-hetero) is 1. The Balaban J connectivity index is 2.45. The highest BCUT2D eigenvalue weighted by atomic mass is 16.5. The molecule has 0 fully saturated rings. The second-order valence-corrected chi connectivity index (χ2v) is 5.10. The molecule has 5 heteroatoms. The number of likely N-dealkylation sites (N-methyl/N-ethyl adjacent to an activating group) is 1. The van der Waals surface area contributed by atoms with Crippen LogP contribution in [-0.4, -0.2) is 44.8 Å². The largest absolute Gasteiger partial charge is 0.497 e. The highest BCUT2D eigenvalue weighted by Gasteiger charge is 2.16. The van der Waals surface area contributed by atoms with E-state index in [-0.39, 0.29) is 5.78 Å². The summed E-state index contributed by atoms with van der Waals surface area (Å²) < 4.78 is 10.5. The number of hydrogen-bond acceptors (Lipinski definition) is 4. The van der Waals surface area contributed by atoms with Crippen LogP contribution in [-0.2, 0) is 0 Å². The predicted octanol–water partition coefficient (Wildman–Crippen LogP) is 3.18. The first-order valence-electron chi connectivity index (χ1n) is 7.14. The van der Waals surface area contributed by atoms with Crippen LogP contribution in [0.25, 0.3) is 0 Å². The predicted molar refractivity (Wildman–Crippen MR) is 91.1 cm³/mol. The molecule has 0 aliphatic carbocycles. The topological polar surface area (TPSA) is 51.1 Å². The van der Waals surface area contributed by atoms with Crippen LogP contribution < -0.4 is 9.47 Å². The summed E-state index contributed by atoms with van der Waals surface area (Å²) in [6.07, 6.45) is 0. The van der Waals surface area contributed by atoms with Crippen molar-refractivity contribution >= 4 is 17.3 Å². The molecule has 2 aromatic rings. The third-order valence-corrected chi connectivity index (χ3v) is 3.23. The van der Waals surface area contributed by atoms with Crippen LogP contribution in [0.5, 0.6) is 11.5 Å². The Bertz CT molecular complexity index is 687. The van der Waals surface area contributed by atoms with Crippen LogP contribution in [0.15, 0.2) is 53.5 Å². The normalized spacial score (nSPS) is 11.0. The van der Waals surface area contributed by atoms with Gasteiger partial charge >= 0.3 is 0 Å². The Labute approximate surface area is 136 Å². The molecule has 0 aromatic heterocycles. The summed E-state index contributed by atoms with van der Waals surface area (Å²) >= 11 is 0. The van der Waals surface area contributed by atoms with Crippen LogP contribution >= 0.6 is 0 Å². The van der Waals surface area contributed by atoms with E-state index in [0.717, 1.165) is 0 Å². The molecule has 0 spiro atoms. The van der Waals surface area contributed by atoms with Gasteiger partial charge in [0.05, 0.1) is 19.9 Å². The molecule has 0 radical (unpaired) electrons. The van der Waals surface area contributed by atoms with Crippen molar-refractivity contribution in [2.24, 2.45) is 4.99 Å². The first-order valence-corrected chi connectivity index (χ1v) is 7.14. The molecule has 0 atom stereocenters. The second-order valence-electron chi connectivity index (χ2n) is 5.10. The summed E-state index contributed by atoms with van der Waals surface area (Å²) in [4.78, 5) is 18.8. The minimum Gasteiger partial charge on any atom is -0.497 e. The molecular formula is C18H20N2O3. The van der Waals surface area contributed by atoms with Crippen molar-refractivity contribution in [3.8, 4) is 11.5 Å². The Kier molecular flexibility index (Phi) is 5.36. The summed E-state index contributed by atoms with van der Waals surface area (Å²) in [5.41, 5.74) is 1.18.